The van der Waals surface area contributed by atoms with Gasteiger partial charge in [0.05, 0.1) is 11.8 Å². The van der Waals surface area contributed by atoms with Gasteiger partial charge >= 0.3 is 5.97 Å². The van der Waals surface area contributed by atoms with Crippen LogP contribution in [0.4, 0.5) is 0 Å². The molecule has 2 saturated carbocycles. The summed E-state index contributed by atoms with van der Waals surface area (Å²) < 4.78 is 5.33. The zero-order valence-electron chi connectivity index (χ0n) is 10.1. The Bertz CT molecular complexity index is 353. The second-order valence-electron chi connectivity index (χ2n) is 5.57. The van der Waals surface area contributed by atoms with E-state index >= 15 is 0 Å². The highest BCUT2D eigenvalue weighted by Crippen LogP contribution is 2.57. The minimum Gasteiger partial charge on any atom is -0.462 e. The lowest BCUT2D eigenvalue weighted by Crippen LogP contribution is -2.40. The van der Waals surface area contributed by atoms with Crippen molar-refractivity contribution in [3.8, 4) is 0 Å². The Hall–Kier alpha value is -1.06. The number of fused-ring (bicyclic) bond motifs is 1. The molecule has 1 aliphatic heterocycles. The van der Waals surface area contributed by atoms with E-state index in [0.29, 0.717) is 11.8 Å². The van der Waals surface area contributed by atoms with Gasteiger partial charge in [0.1, 0.15) is 6.10 Å². The molecule has 17 heavy (non-hydrogen) atoms. The van der Waals surface area contributed by atoms with Crippen molar-refractivity contribution in [3.63, 3.8) is 0 Å². The van der Waals surface area contributed by atoms with Crippen LogP contribution in [0.25, 0.3) is 0 Å². The van der Waals surface area contributed by atoms with Crippen LogP contribution in [0.3, 0.4) is 0 Å². The normalized spacial score (nSPS) is 41.7. The number of carbonyl (C=O) groups excluding carboxylic acids is 2. The number of esters is 1. The van der Waals surface area contributed by atoms with Crippen molar-refractivity contribution >= 4 is 11.9 Å². The third-order valence-electron chi connectivity index (χ3n) is 4.62. The van der Waals surface area contributed by atoms with Crippen LogP contribution in [0.5, 0.6) is 0 Å². The fourth-order valence-electron chi connectivity index (χ4n) is 3.87. The smallest absolute Gasteiger partial charge is 0.310 e. The summed E-state index contributed by atoms with van der Waals surface area (Å²) in [7, 11) is 0. The molecule has 3 rings (SSSR count). The van der Waals surface area contributed by atoms with Gasteiger partial charge in [0, 0.05) is 12.5 Å². The van der Waals surface area contributed by atoms with E-state index < -0.39 is 0 Å². The summed E-state index contributed by atoms with van der Waals surface area (Å²) in [5.41, 5.74) is 0. The molecule has 94 valence electrons. The Kier molecular flexibility index (Phi) is 2.60. The number of nitrogens with one attached hydrogen (secondary N) is 1. The molecule has 4 heteroatoms. The van der Waals surface area contributed by atoms with Gasteiger partial charge in [-0.3, -0.25) is 9.59 Å². The molecule has 1 amide bonds. The molecule has 1 heterocycles. The first-order valence-electron chi connectivity index (χ1n) is 6.70. The van der Waals surface area contributed by atoms with Crippen LogP contribution in [0.1, 0.15) is 32.6 Å². The fourth-order valence-corrected chi connectivity index (χ4v) is 3.87. The first-order valence-corrected chi connectivity index (χ1v) is 6.70. The average molecular weight is 237 g/mol. The second-order valence-corrected chi connectivity index (χ2v) is 5.57. The number of rotatable bonds is 4. The van der Waals surface area contributed by atoms with Crippen LogP contribution >= 0.6 is 0 Å². The predicted molar refractivity (Wildman–Crippen MR) is 61.0 cm³/mol. The molecule has 2 aliphatic carbocycles. The number of amides is 1. The Morgan fingerprint density at radius 3 is 3.06 bits per heavy atom. The molecule has 0 radical (unpaired) electrons. The maximum atomic E-state index is 12.1. The summed E-state index contributed by atoms with van der Waals surface area (Å²) in [5, 5.41) is 2.97. The molecular weight excluding hydrogens is 218 g/mol. The van der Waals surface area contributed by atoms with Gasteiger partial charge in [-0.05, 0) is 25.2 Å². The standard InChI is InChI=1S/C13H19NO3/c1-2-3-4-14-12(15)10-7-5-8-9(6-7)17-13(16)11(8)10/h7-11H,2-6H2,1H3,(H,14,15)/t7-,8-,9+,10+,11-/m0/s1. The highest BCUT2D eigenvalue weighted by molar-refractivity contribution is 5.88. The molecule has 4 nitrogen and oxygen atoms in total. The first kappa shape index (κ1) is 11.1. The van der Waals surface area contributed by atoms with Crippen LogP contribution in [0.2, 0.25) is 0 Å². The van der Waals surface area contributed by atoms with Crippen molar-refractivity contribution < 1.29 is 14.3 Å². The van der Waals surface area contributed by atoms with Crippen molar-refractivity contribution in [3.05, 3.63) is 0 Å². The van der Waals surface area contributed by atoms with E-state index in [-0.39, 0.29) is 29.8 Å². The lowest BCUT2D eigenvalue weighted by atomic mass is 9.79. The van der Waals surface area contributed by atoms with Gasteiger partial charge < -0.3 is 10.1 Å². The second kappa shape index (κ2) is 4.00. The molecule has 0 unspecified atom stereocenters. The highest BCUT2D eigenvalue weighted by Gasteiger charge is 2.63. The van der Waals surface area contributed by atoms with E-state index in [2.05, 4.69) is 12.2 Å². The van der Waals surface area contributed by atoms with Crippen LogP contribution in [0.15, 0.2) is 0 Å². The SMILES string of the molecule is CCCCNC(=O)[C@@H]1[C@H]2C[C@@H]3[C@@H]1C(=O)O[C@@H]3C2. The molecule has 5 atom stereocenters. The Morgan fingerprint density at radius 2 is 2.29 bits per heavy atom. The number of ether oxygens (including phenoxy) is 1. The van der Waals surface area contributed by atoms with Crippen molar-refractivity contribution in [2.24, 2.45) is 23.7 Å². The zero-order chi connectivity index (χ0) is 12.0. The molecule has 0 aromatic rings. The van der Waals surface area contributed by atoms with Gasteiger partial charge in [0.2, 0.25) is 5.91 Å². The molecule has 3 fully saturated rings. The van der Waals surface area contributed by atoms with E-state index in [1.54, 1.807) is 0 Å². The van der Waals surface area contributed by atoms with Gasteiger partial charge in [-0.25, -0.2) is 0 Å². The monoisotopic (exact) mass is 237 g/mol. The van der Waals surface area contributed by atoms with Crippen molar-refractivity contribution in [1.29, 1.82) is 0 Å². The molecule has 0 aromatic heterocycles. The average Bonchev–Trinajstić information content (AvgIpc) is 2.89. The molecule has 3 aliphatic rings. The van der Waals surface area contributed by atoms with Gasteiger partial charge in [0.25, 0.3) is 0 Å². The van der Waals surface area contributed by atoms with E-state index in [1.807, 2.05) is 0 Å². The lowest BCUT2D eigenvalue weighted by Gasteiger charge is -2.23. The summed E-state index contributed by atoms with van der Waals surface area (Å²) in [5.74, 6) is 0.407. The third-order valence-corrected chi connectivity index (χ3v) is 4.62. The van der Waals surface area contributed by atoms with Gasteiger partial charge in [-0.1, -0.05) is 13.3 Å². The summed E-state index contributed by atoms with van der Waals surface area (Å²) in [4.78, 5) is 23.9. The van der Waals surface area contributed by atoms with E-state index in [4.69, 9.17) is 4.74 Å². The van der Waals surface area contributed by atoms with Crippen LogP contribution in [-0.2, 0) is 14.3 Å². The molecular formula is C13H19NO3. The van der Waals surface area contributed by atoms with Gasteiger partial charge in [-0.2, -0.15) is 0 Å². The molecule has 0 aromatic carbocycles. The maximum Gasteiger partial charge on any atom is 0.310 e. The Morgan fingerprint density at radius 1 is 1.47 bits per heavy atom. The van der Waals surface area contributed by atoms with Crippen molar-refractivity contribution in [1.82, 2.24) is 5.32 Å². The largest absolute Gasteiger partial charge is 0.462 e. The summed E-state index contributed by atoms with van der Waals surface area (Å²) in [6, 6.07) is 0. The molecule has 1 N–H and O–H groups in total. The first-order chi connectivity index (χ1) is 8.22. The molecule has 0 spiro atoms. The van der Waals surface area contributed by atoms with E-state index in [0.717, 1.165) is 32.2 Å². The summed E-state index contributed by atoms with van der Waals surface area (Å²) in [6.07, 6.45) is 4.11. The quantitative estimate of drug-likeness (QED) is 0.588. The van der Waals surface area contributed by atoms with Crippen LogP contribution in [0, 0.1) is 23.7 Å². The lowest BCUT2D eigenvalue weighted by molar-refractivity contribution is -0.146. The summed E-state index contributed by atoms with van der Waals surface area (Å²) >= 11 is 0. The topological polar surface area (TPSA) is 55.4 Å². The van der Waals surface area contributed by atoms with Crippen molar-refractivity contribution in [2.45, 2.75) is 38.7 Å². The number of hydrogen-bond donors (Lipinski definition) is 1. The predicted octanol–water partition coefficient (Wildman–Crippen LogP) is 1.10. The van der Waals surface area contributed by atoms with E-state index in [1.165, 1.54) is 0 Å². The number of unbranched alkanes of at least 4 members (excludes halogenated alkanes) is 1. The number of hydrogen-bond acceptors (Lipinski definition) is 3. The van der Waals surface area contributed by atoms with Gasteiger partial charge in [0.15, 0.2) is 0 Å². The summed E-state index contributed by atoms with van der Waals surface area (Å²) in [6.45, 7) is 2.83. The Labute approximate surface area is 101 Å². The molecule has 1 saturated heterocycles. The van der Waals surface area contributed by atoms with Crippen LogP contribution < -0.4 is 5.32 Å². The van der Waals surface area contributed by atoms with E-state index in [9.17, 15) is 9.59 Å². The Balaban J connectivity index is 1.68. The maximum absolute atomic E-state index is 12.1. The minimum atomic E-state index is -0.139. The highest BCUT2D eigenvalue weighted by atomic mass is 16.6. The van der Waals surface area contributed by atoms with Crippen LogP contribution in [-0.4, -0.2) is 24.5 Å². The van der Waals surface area contributed by atoms with Gasteiger partial charge in [-0.15, -0.1) is 0 Å². The fraction of sp³-hybridized carbons (Fsp3) is 0.846. The van der Waals surface area contributed by atoms with Crippen molar-refractivity contribution in [2.75, 3.05) is 6.54 Å². The zero-order valence-corrected chi connectivity index (χ0v) is 10.1. The molecule has 2 bridgehead atoms. The third kappa shape index (κ3) is 1.57. The minimum absolute atomic E-state index is 0.0771. The number of carbonyl (C=O) groups is 2.